The van der Waals surface area contributed by atoms with E-state index in [0.717, 1.165) is 54.0 Å². The predicted molar refractivity (Wildman–Crippen MR) is 197 cm³/mol. The normalized spacial score (nSPS) is 36.8. The van der Waals surface area contributed by atoms with Crippen LogP contribution in [-0.2, 0) is 6.54 Å². The van der Waals surface area contributed by atoms with Gasteiger partial charge in [-0.1, -0.05) is 105 Å². The molecule has 0 saturated heterocycles. The van der Waals surface area contributed by atoms with Crippen LogP contribution in [0.4, 0.5) is 4.79 Å². The summed E-state index contributed by atoms with van der Waals surface area (Å²) < 4.78 is 0. The van der Waals surface area contributed by atoms with Gasteiger partial charge in [-0.3, -0.25) is 4.79 Å². The predicted octanol–water partition coefficient (Wildman–Crippen LogP) is 8.23. The Morgan fingerprint density at radius 2 is 1.54 bits per heavy atom. The first-order valence-corrected chi connectivity index (χ1v) is 18.8. The largest absolute Gasteiger partial charge is 0.393 e. The number of rotatable bonds is 7. The summed E-state index contributed by atoms with van der Waals surface area (Å²) in [6.07, 6.45) is 11.9. The zero-order valence-electron chi connectivity index (χ0n) is 30.0. The highest BCUT2D eigenvalue weighted by Gasteiger charge is 2.74. The molecule has 0 aromatic heterocycles. The standard InChI is InChI=1S/C44H52N2O4/c1-29(2)45-39(49)46(27-32-15-10-14-30-11-8-9-16-34(30)32)28-43(50)22-19-37-41(43,4)21-18-36-40(3)20-17-33(47)25-42(40)23-24-44(36,37)35(26-42)38(48)31-12-6-5-7-13-31/h5-16,23-24,26,29,33,36-37,47,50H,17-22,25,27-28H2,1-4H3,(H,45,49). The van der Waals surface area contributed by atoms with Crippen LogP contribution >= 0.6 is 0 Å². The Labute approximate surface area is 296 Å². The van der Waals surface area contributed by atoms with Crippen LogP contribution in [0, 0.1) is 33.5 Å². The van der Waals surface area contributed by atoms with Crippen LogP contribution < -0.4 is 5.32 Å². The van der Waals surface area contributed by atoms with Gasteiger partial charge in [-0.2, -0.15) is 0 Å². The fraction of sp³-hybridized carbons (Fsp3) is 0.500. The van der Waals surface area contributed by atoms with E-state index in [1.54, 1.807) is 0 Å². The fourth-order valence-corrected chi connectivity index (χ4v) is 11.8. The lowest BCUT2D eigenvalue weighted by molar-refractivity contribution is -0.174. The molecule has 0 heterocycles. The van der Waals surface area contributed by atoms with Crippen molar-refractivity contribution in [1.29, 1.82) is 0 Å². The van der Waals surface area contributed by atoms with Crippen LogP contribution in [0.2, 0.25) is 0 Å². The maximum absolute atomic E-state index is 14.7. The molecule has 50 heavy (non-hydrogen) atoms. The molecule has 2 spiro atoms. The molecule has 3 fully saturated rings. The van der Waals surface area contributed by atoms with Crippen molar-refractivity contribution in [2.75, 3.05) is 6.54 Å². The van der Waals surface area contributed by atoms with E-state index in [4.69, 9.17) is 0 Å². The van der Waals surface area contributed by atoms with Gasteiger partial charge in [0, 0.05) is 40.0 Å². The molecule has 2 amide bonds. The van der Waals surface area contributed by atoms with Crippen LogP contribution in [0.3, 0.4) is 0 Å². The molecule has 8 atom stereocenters. The van der Waals surface area contributed by atoms with E-state index in [-0.39, 0.29) is 47.1 Å². The molecule has 3 aromatic carbocycles. The number of aliphatic hydroxyl groups excluding tert-OH is 1. The summed E-state index contributed by atoms with van der Waals surface area (Å²) in [6.45, 7) is 9.19. The molecule has 6 aliphatic rings. The van der Waals surface area contributed by atoms with Gasteiger partial charge in [0.15, 0.2) is 5.78 Å². The first-order chi connectivity index (χ1) is 23.9. The van der Waals surface area contributed by atoms with Crippen molar-refractivity contribution in [3.05, 3.63) is 108 Å². The summed E-state index contributed by atoms with van der Waals surface area (Å²) >= 11 is 0. The second kappa shape index (κ2) is 11.6. The molecule has 262 valence electrons. The number of nitrogens with zero attached hydrogens (tertiary/aromatic N) is 1. The molecule has 8 unspecified atom stereocenters. The Morgan fingerprint density at radius 1 is 0.860 bits per heavy atom. The molecule has 3 aromatic rings. The van der Waals surface area contributed by atoms with E-state index >= 15 is 0 Å². The number of amides is 2. The summed E-state index contributed by atoms with van der Waals surface area (Å²) in [4.78, 5) is 30.6. The van der Waals surface area contributed by atoms with Crippen LogP contribution in [0.25, 0.3) is 10.8 Å². The molecule has 9 rings (SSSR count). The number of allylic oxidation sites excluding steroid dienone is 4. The van der Waals surface area contributed by atoms with Crippen LogP contribution in [0.15, 0.2) is 96.6 Å². The van der Waals surface area contributed by atoms with Gasteiger partial charge in [-0.25, -0.2) is 4.79 Å². The van der Waals surface area contributed by atoms with Gasteiger partial charge < -0.3 is 20.4 Å². The zero-order chi connectivity index (χ0) is 35.1. The average Bonchev–Trinajstić information content (AvgIpc) is 3.37. The molecule has 2 bridgehead atoms. The summed E-state index contributed by atoms with van der Waals surface area (Å²) in [5.74, 6) is 0.301. The second-order valence-corrected chi connectivity index (χ2v) is 17.1. The van der Waals surface area contributed by atoms with E-state index in [0.29, 0.717) is 24.9 Å². The minimum Gasteiger partial charge on any atom is -0.393 e. The zero-order valence-corrected chi connectivity index (χ0v) is 30.0. The van der Waals surface area contributed by atoms with Gasteiger partial charge in [0.2, 0.25) is 0 Å². The van der Waals surface area contributed by atoms with E-state index in [1.165, 1.54) is 0 Å². The number of aliphatic hydroxyl groups is 2. The Kier molecular flexibility index (Phi) is 7.78. The van der Waals surface area contributed by atoms with Crippen molar-refractivity contribution < 1.29 is 19.8 Å². The fourth-order valence-electron chi connectivity index (χ4n) is 11.8. The molecule has 6 aliphatic carbocycles. The molecular formula is C44H52N2O4. The summed E-state index contributed by atoms with van der Waals surface area (Å²) in [6, 6.07) is 23.9. The van der Waals surface area contributed by atoms with E-state index in [9.17, 15) is 19.8 Å². The lowest BCUT2D eigenvalue weighted by Gasteiger charge is -2.71. The number of Topliss-reactive ketones (excluding diaryl/α,β-unsaturated/α-hetero) is 1. The lowest BCUT2D eigenvalue weighted by atomic mass is 9.32. The topological polar surface area (TPSA) is 89.9 Å². The van der Waals surface area contributed by atoms with Gasteiger partial charge in [-0.05, 0) is 92.4 Å². The second-order valence-electron chi connectivity index (χ2n) is 17.1. The quantitative estimate of drug-likeness (QED) is 0.174. The molecule has 3 saturated carbocycles. The van der Waals surface area contributed by atoms with Crippen molar-refractivity contribution in [3.8, 4) is 0 Å². The SMILES string of the molecule is CC(C)NC(=O)N(Cc1cccc2ccccc12)CC1(O)CCC2C34C=CC5(C=C3C(=O)c3ccccc3)CC(O)CCC5(C)C4CCC21C. The Hall–Kier alpha value is -3.74. The molecule has 0 radical (unpaired) electrons. The monoisotopic (exact) mass is 672 g/mol. The Balaban J connectivity index is 1.20. The number of hydrogen-bond donors (Lipinski definition) is 3. The van der Waals surface area contributed by atoms with Crippen LogP contribution in [0.1, 0.15) is 88.6 Å². The highest BCUT2D eigenvalue weighted by Crippen LogP contribution is 2.78. The highest BCUT2D eigenvalue weighted by molar-refractivity contribution is 6.10. The van der Waals surface area contributed by atoms with Gasteiger partial charge in [-0.15, -0.1) is 0 Å². The van der Waals surface area contributed by atoms with Gasteiger partial charge >= 0.3 is 6.03 Å². The third kappa shape index (κ3) is 4.66. The number of fused-ring (bicyclic) bond motifs is 2. The van der Waals surface area contributed by atoms with Gasteiger partial charge in [0.25, 0.3) is 0 Å². The van der Waals surface area contributed by atoms with E-state index < -0.39 is 22.5 Å². The number of carbonyl (C=O) groups excluding carboxylic acids is 2. The van der Waals surface area contributed by atoms with Crippen molar-refractivity contribution in [2.24, 2.45) is 33.5 Å². The lowest BCUT2D eigenvalue weighted by Crippen LogP contribution is -2.67. The molecule has 6 heteroatoms. The maximum Gasteiger partial charge on any atom is 0.317 e. The Morgan fingerprint density at radius 3 is 2.32 bits per heavy atom. The van der Waals surface area contributed by atoms with E-state index in [2.05, 4.69) is 61.7 Å². The third-order valence-electron chi connectivity index (χ3n) is 14.4. The highest BCUT2D eigenvalue weighted by atomic mass is 16.3. The number of carbonyl (C=O) groups is 2. The maximum atomic E-state index is 14.7. The smallest absolute Gasteiger partial charge is 0.317 e. The van der Waals surface area contributed by atoms with Crippen LogP contribution in [-0.4, -0.2) is 51.2 Å². The van der Waals surface area contributed by atoms with E-state index in [1.807, 2.05) is 67.3 Å². The number of urea groups is 1. The number of benzene rings is 3. The summed E-state index contributed by atoms with van der Waals surface area (Å²) in [7, 11) is 0. The molecular weight excluding hydrogens is 620 g/mol. The minimum absolute atomic E-state index is 0.0171. The van der Waals surface area contributed by atoms with Gasteiger partial charge in [0.1, 0.15) is 0 Å². The average molecular weight is 673 g/mol. The number of hydrogen-bond acceptors (Lipinski definition) is 4. The van der Waals surface area contributed by atoms with Crippen molar-refractivity contribution in [2.45, 2.75) is 96.9 Å². The first-order valence-electron chi connectivity index (χ1n) is 18.8. The molecule has 0 aliphatic heterocycles. The van der Waals surface area contributed by atoms with Gasteiger partial charge in [0.05, 0.1) is 18.2 Å². The van der Waals surface area contributed by atoms with Crippen molar-refractivity contribution in [3.63, 3.8) is 0 Å². The van der Waals surface area contributed by atoms with Crippen molar-refractivity contribution in [1.82, 2.24) is 10.2 Å². The Bertz CT molecular complexity index is 1900. The summed E-state index contributed by atoms with van der Waals surface area (Å²) in [5, 5.41) is 29.5. The summed E-state index contributed by atoms with van der Waals surface area (Å²) in [5.41, 5.74) is -0.101. The first kappa shape index (κ1) is 33.4. The number of nitrogens with one attached hydrogen (secondary N) is 1. The third-order valence-corrected chi connectivity index (χ3v) is 14.4. The van der Waals surface area contributed by atoms with Crippen LogP contribution in [0.5, 0.6) is 0 Å². The number of ketones is 1. The molecule has 3 N–H and O–H groups in total. The molecule has 6 nitrogen and oxygen atoms in total. The van der Waals surface area contributed by atoms with Crippen molar-refractivity contribution >= 4 is 22.6 Å². The minimum atomic E-state index is -1.15.